The molecule has 0 aliphatic heterocycles. The van der Waals surface area contributed by atoms with Crippen molar-refractivity contribution in [3.8, 4) is 0 Å². The summed E-state index contributed by atoms with van der Waals surface area (Å²) in [5.41, 5.74) is 6.93. The Bertz CT molecular complexity index is 186. The topological polar surface area (TPSA) is 47.3 Å². The normalized spacial score (nSPS) is 26.5. The number of ether oxygens (including phenoxy) is 1. The minimum absolute atomic E-state index is 0.433. The summed E-state index contributed by atoms with van der Waals surface area (Å²) in [6, 6.07) is 1.08. The van der Waals surface area contributed by atoms with Crippen LogP contribution in [0.25, 0.3) is 0 Å². The lowest BCUT2D eigenvalue weighted by Gasteiger charge is -2.26. The molecule has 0 heterocycles. The van der Waals surface area contributed by atoms with Gasteiger partial charge in [-0.15, -0.1) is 0 Å². The van der Waals surface area contributed by atoms with Gasteiger partial charge in [0.1, 0.15) is 0 Å². The van der Waals surface area contributed by atoms with Crippen LogP contribution in [-0.2, 0) is 4.74 Å². The van der Waals surface area contributed by atoms with E-state index in [9.17, 15) is 0 Å². The molecule has 0 unspecified atom stereocenters. The molecule has 3 N–H and O–H groups in total. The number of hydrogen-bond donors (Lipinski definition) is 2. The molecule has 3 nitrogen and oxygen atoms in total. The van der Waals surface area contributed by atoms with Crippen molar-refractivity contribution in [2.75, 3.05) is 19.8 Å². The van der Waals surface area contributed by atoms with Crippen LogP contribution in [0.5, 0.6) is 0 Å². The summed E-state index contributed by atoms with van der Waals surface area (Å²) in [5.74, 6) is 0. The van der Waals surface area contributed by atoms with E-state index in [-0.39, 0.29) is 0 Å². The second kappa shape index (κ2) is 6.99. The maximum Gasteiger partial charge on any atom is 0.0672 e. The predicted molar refractivity (Wildman–Crippen MR) is 63.9 cm³/mol. The Morgan fingerprint density at radius 1 is 1.40 bits per heavy atom. The van der Waals surface area contributed by atoms with Crippen LogP contribution in [0.1, 0.15) is 32.6 Å². The molecule has 0 atom stereocenters. The van der Waals surface area contributed by atoms with E-state index in [0.717, 1.165) is 31.6 Å². The SMILES string of the molecule is C=C(C)COCCNC1CCC(N)CC1. The Morgan fingerprint density at radius 3 is 2.67 bits per heavy atom. The van der Waals surface area contributed by atoms with E-state index in [4.69, 9.17) is 10.5 Å². The molecule has 1 aliphatic rings. The molecule has 0 spiro atoms. The highest BCUT2D eigenvalue weighted by molar-refractivity contribution is 4.87. The van der Waals surface area contributed by atoms with Crippen molar-refractivity contribution in [1.29, 1.82) is 0 Å². The van der Waals surface area contributed by atoms with Crippen molar-refractivity contribution in [2.24, 2.45) is 5.73 Å². The fourth-order valence-corrected chi connectivity index (χ4v) is 1.90. The molecule has 1 saturated carbocycles. The molecule has 1 rings (SSSR count). The lowest BCUT2D eigenvalue weighted by Crippen LogP contribution is -2.38. The first-order valence-electron chi connectivity index (χ1n) is 5.89. The average molecular weight is 212 g/mol. The highest BCUT2D eigenvalue weighted by atomic mass is 16.5. The Labute approximate surface area is 93.1 Å². The van der Waals surface area contributed by atoms with Gasteiger partial charge in [0.2, 0.25) is 0 Å². The van der Waals surface area contributed by atoms with Crippen molar-refractivity contribution < 1.29 is 4.74 Å². The Hall–Kier alpha value is -0.380. The van der Waals surface area contributed by atoms with Gasteiger partial charge in [0.15, 0.2) is 0 Å². The molecule has 0 bridgehead atoms. The third-order valence-corrected chi connectivity index (χ3v) is 2.80. The van der Waals surface area contributed by atoms with E-state index in [1.807, 2.05) is 6.92 Å². The third kappa shape index (κ3) is 5.92. The van der Waals surface area contributed by atoms with Crippen LogP contribution >= 0.6 is 0 Å². The van der Waals surface area contributed by atoms with Gasteiger partial charge in [0.25, 0.3) is 0 Å². The molecule has 1 fully saturated rings. The summed E-state index contributed by atoms with van der Waals surface area (Å²) in [4.78, 5) is 0. The quantitative estimate of drug-likeness (QED) is 0.517. The van der Waals surface area contributed by atoms with Crippen LogP contribution in [-0.4, -0.2) is 31.8 Å². The van der Waals surface area contributed by atoms with Crippen molar-refractivity contribution in [1.82, 2.24) is 5.32 Å². The fraction of sp³-hybridized carbons (Fsp3) is 0.833. The molecule has 0 radical (unpaired) electrons. The van der Waals surface area contributed by atoms with Gasteiger partial charge in [0.05, 0.1) is 13.2 Å². The summed E-state index contributed by atoms with van der Waals surface area (Å²) in [6.45, 7) is 8.16. The molecule has 88 valence electrons. The zero-order valence-electron chi connectivity index (χ0n) is 9.80. The van der Waals surface area contributed by atoms with Crippen LogP contribution in [0.15, 0.2) is 12.2 Å². The van der Waals surface area contributed by atoms with E-state index in [0.29, 0.717) is 18.7 Å². The third-order valence-electron chi connectivity index (χ3n) is 2.80. The van der Waals surface area contributed by atoms with Gasteiger partial charge in [-0.1, -0.05) is 12.2 Å². The van der Waals surface area contributed by atoms with Gasteiger partial charge < -0.3 is 15.8 Å². The highest BCUT2D eigenvalue weighted by Gasteiger charge is 2.17. The summed E-state index contributed by atoms with van der Waals surface area (Å²) in [7, 11) is 0. The van der Waals surface area contributed by atoms with Gasteiger partial charge in [-0.25, -0.2) is 0 Å². The van der Waals surface area contributed by atoms with E-state index in [1.165, 1.54) is 12.8 Å². The first-order valence-corrected chi connectivity index (χ1v) is 5.89. The van der Waals surface area contributed by atoms with Gasteiger partial charge in [-0.05, 0) is 32.6 Å². The standard InChI is InChI=1S/C12H24N2O/c1-10(2)9-15-8-7-14-12-5-3-11(13)4-6-12/h11-12,14H,1,3-9,13H2,2H3. The lowest BCUT2D eigenvalue weighted by atomic mass is 9.92. The smallest absolute Gasteiger partial charge is 0.0672 e. The summed E-state index contributed by atoms with van der Waals surface area (Å²) >= 11 is 0. The van der Waals surface area contributed by atoms with E-state index >= 15 is 0 Å². The van der Waals surface area contributed by atoms with Crippen LogP contribution in [0.4, 0.5) is 0 Å². The van der Waals surface area contributed by atoms with Crippen LogP contribution < -0.4 is 11.1 Å². The number of rotatable bonds is 6. The highest BCUT2D eigenvalue weighted by Crippen LogP contribution is 2.16. The molecular weight excluding hydrogens is 188 g/mol. The maximum absolute atomic E-state index is 5.84. The van der Waals surface area contributed by atoms with Gasteiger partial charge in [0, 0.05) is 18.6 Å². The van der Waals surface area contributed by atoms with Crippen molar-refractivity contribution in [2.45, 2.75) is 44.7 Å². The molecule has 15 heavy (non-hydrogen) atoms. The lowest BCUT2D eigenvalue weighted by molar-refractivity contribution is 0.152. The number of hydrogen-bond acceptors (Lipinski definition) is 3. The molecule has 0 aromatic carbocycles. The second-order valence-corrected chi connectivity index (χ2v) is 4.58. The zero-order chi connectivity index (χ0) is 11.1. The van der Waals surface area contributed by atoms with Crippen LogP contribution in [0.3, 0.4) is 0 Å². The van der Waals surface area contributed by atoms with Crippen LogP contribution in [0, 0.1) is 0 Å². The Kier molecular flexibility index (Phi) is 5.91. The Morgan fingerprint density at radius 2 is 2.07 bits per heavy atom. The molecule has 0 saturated heterocycles. The molecular formula is C12H24N2O. The van der Waals surface area contributed by atoms with E-state index in [2.05, 4.69) is 11.9 Å². The van der Waals surface area contributed by atoms with Crippen LogP contribution in [0.2, 0.25) is 0 Å². The number of nitrogens with two attached hydrogens (primary N) is 1. The minimum atomic E-state index is 0.433. The second-order valence-electron chi connectivity index (χ2n) is 4.58. The molecule has 3 heteroatoms. The van der Waals surface area contributed by atoms with Gasteiger partial charge in [-0.3, -0.25) is 0 Å². The Balaban J connectivity index is 1.94. The van der Waals surface area contributed by atoms with E-state index in [1.54, 1.807) is 0 Å². The van der Waals surface area contributed by atoms with Crippen molar-refractivity contribution in [3.63, 3.8) is 0 Å². The number of nitrogens with one attached hydrogen (secondary N) is 1. The summed E-state index contributed by atoms with van der Waals surface area (Å²) < 4.78 is 5.42. The van der Waals surface area contributed by atoms with Crippen molar-refractivity contribution >= 4 is 0 Å². The molecule has 0 aromatic heterocycles. The van der Waals surface area contributed by atoms with Gasteiger partial charge >= 0.3 is 0 Å². The summed E-state index contributed by atoms with van der Waals surface area (Å²) in [5, 5.41) is 3.51. The monoisotopic (exact) mass is 212 g/mol. The molecule has 1 aliphatic carbocycles. The zero-order valence-corrected chi connectivity index (χ0v) is 9.80. The molecule has 0 aromatic rings. The molecule has 0 amide bonds. The fourth-order valence-electron chi connectivity index (χ4n) is 1.90. The first-order chi connectivity index (χ1) is 7.18. The average Bonchev–Trinajstić information content (AvgIpc) is 2.20. The van der Waals surface area contributed by atoms with E-state index < -0.39 is 0 Å². The maximum atomic E-state index is 5.84. The van der Waals surface area contributed by atoms with Crippen molar-refractivity contribution in [3.05, 3.63) is 12.2 Å². The first kappa shape index (κ1) is 12.7. The van der Waals surface area contributed by atoms with Gasteiger partial charge in [-0.2, -0.15) is 0 Å². The minimum Gasteiger partial charge on any atom is -0.376 e. The largest absolute Gasteiger partial charge is 0.376 e. The summed E-state index contributed by atoms with van der Waals surface area (Å²) in [6.07, 6.45) is 4.73. The predicted octanol–water partition coefficient (Wildman–Crippen LogP) is 1.44.